The number of halogens is 1. The van der Waals surface area contributed by atoms with Gasteiger partial charge in [0.2, 0.25) is 5.91 Å². The van der Waals surface area contributed by atoms with E-state index in [1.165, 1.54) is 0 Å². The molecule has 0 bridgehead atoms. The van der Waals surface area contributed by atoms with Crippen molar-refractivity contribution >= 4 is 17.5 Å². The smallest absolute Gasteiger partial charge is 0.222 e. The Labute approximate surface area is 98.0 Å². The first-order valence-electron chi connectivity index (χ1n) is 5.79. The number of carbonyl (C=O) groups excluding carboxylic acids is 1. The average molecular weight is 232 g/mol. The largest absolute Gasteiger partial charge is 0.342 e. The van der Waals surface area contributed by atoms with Gasteiger partial charge in [-0.15, -0.1) is 11.6 Å². The van der Waals surface area contributed by atoms with Gasteiger partial charge >= 0.3 is 0 Å². The third-order valence-corrected chi connectivity index (χ3v) is 3.52. The van der Waals surface area contributed by atoms with Crippen LogP contribution in [0.1, 0.15) is 40.0 Å². The first-order valence-corrected chi connectivity index (χ1v) is 6.32. The van der Waals surface area contributed by atoms with E-state index in [2.05, 4.69) is 20.8 Å². The minimum absolute atomic E-state index is 0.247. The molecule has 0 radical (unpaired) electrons. The Bertz CT molecular complexity index is 222. The van der Waals surface area contributed by atoms with Crippen molar-refractivity contribution in [3.8, 4) is 0 Å². The van der Waals surface area contributed by atoms with Crippen LogP contribution >= 0.6 is 11.6 Å². The van der Waals surface area contributed by atoms with E-state index in [0.29, 0.717) is 17.7 Å². The predicted octanol–water partition coefficient (Wildman–Crippen LogP) is 2.90. The second kappa shape index (κ2) is 5.20. The highest BCUT2D eigenvalue weighted by Gasteiger charge is 2.36. The standard InChI is InChI=1S/C12H22ClNO/c1-12(2,3)10-8-11(15)14(9-10)7-5-4-6-13/h10H,4-9H2,1-3H3. The lowest BCUT2D eigenvalue weighted by atomic mass is 9.80. The summed E-state index contributed by atoms with van der Waals surface area (Å²) in [7, 11) is 0. The van der Waals surface area contributed by atoms with Crippen LogP contribution in [-0.2, 0) is 4.79 Å². The fourth-order valence-electron chi connectivity index (χ4n) is 1.97. The number of nitrogens with zero attached hydrogens (tertiary/aromatic N) is 1. The van der Waals surface area contributed by atoms with E-state index in [0.717, 1.165) is 32.4 Å². The lowest BCUT2D eigenvalue weighted by Gasteiger charge is -2.26. The molecule has 0 aromatic carbocycles. The minimum Gasteiger partial charge on any atom is -0.342 e. The summed E-state index contributed by atoms with van der Waals surface area (Å²) in [6, 6.07) is 0. The zero-order valence-electron chi connectivity index (χ0n) is 10.1. The molecule has 2 nitrogen and oxygen atoms in total. The van der Waals surface area contributed by atoms with Crippen LogP contribution in [0.2, 0.25) is 0 Å². The molecule has 1 aliphatic rings. The number of hydrogen-bond donors (Lipinski definition) is 0. The zero-order chi connectivity index (χ0) is 11.5. The lowest BCUT2D eigenvalue weighted by molar-refractivity contribution is -0.127. The highest BCUT2D eigenvalue weighted by atomic mass is 35.5. The second-order valence-electron chi connectivity index (χ2n) is 5.50. The third kappa shape index (κ3) is 3.67. The second-order valence-corrected chi connectivity index (χ2v) is 5.88. The molecule has 15 heavy (non-hydrogen) atoms. The first-order chi connectivity index (χ1) is 6.95. The summed E-state index contributed by atoms with van der Waals surface area (Å²) in [5.74, 6) is 1.54. The topological polar surface area (TPSA) is 20.3 Å². The molecular weight excluding hydrogens is 210 g/mol. The molecule has 0 aromatic heterocycles. The Morgan fingerprint density at radius 1 is 1.40 bits per heavy atom. The SMILES string of the molecule is CC(C)(C)C1CC(=O)N(CCCCCl)C1. The van der Waals surface area contributed by atoms with Crippen molar-refractivity contribution in [1.82, 2.24) is 4.90 Å². The van der Waals surface area contributed by atoms with Crippen molar-refractivity contribution in [3.63, 3.8) is 0 Å². The highest BCUT2D eigenvalue weighted by molar-refractivity contribution is 6.17. The van der Waals surface area contributed by atoms with Crippen molar-refractivity contribution in [2.24, 2.45) is 11.3 Å². The number of likely N-dealkylation sites (tertiary alicyclic amines) is 1. The van der Waals surface area contributed by atoms with Gasteiger partial charge in [-0.2, -0.15) is 0 Å². The fourth-order valence-corrected chi connectivity index (χ4v) is 2.15. The van der Waals surface area contributed by atoms with Gasteiger partial charge in [0, 0.05) is 25.4 Å². The van der Waals surface area contributed by atoms with Crippen LogP contribution in [0, 0.1) is 11.3 Å². The van der Waals surface area contributed by atoms with Crippen molar-refractivity contribution in [3.05, 3.63) is 0 Å². The van der Waals surface area contributed by atoms with Gasteiger partial charge in [0.1, 0.15) is 0 Å². The number of alkyl halides is 1. The molecule has 0 N–H and O–H groups in total. The van der Waals surface area contributed by atoms with Gasteiger partial charge in [-0.1, -0.05) is 20.8 Å². The molecule has 0 aromatic rings. The normalized spacial score (nSPS) is 22.5. The number of hydrogen-bond acceptors (Lipinski definition) is 1. The van der Waals surface area contributed by atoms with E-state index < -0.39 is 0 Å². The van der Waals surface area contributed by atoms with Gasteiger partial charge < -0.3 is 4.90 Å². The van der Waals surface area contributed by atoms with Gasteiger partial charge in [-0.05, 0) is 24.2 Å². The van der Waals surface area contributed by atoms with Gasteiger partial charge in [0.25, 0.3) is 0 Å². The number of amides is 1. The van der Waals surface area contributed by atoms with E-state index in [1.807, 2.05) is 4.90 Å². The van der Waals surface area contributed by atoms with E-state index >= 15 is 0 Å². The van der Waals surface area contributed by atoms with Crippen molar-refractivity contribution in [1.29, 1.82) is 0 Å². The van der Waals surface area contributed by atoms with Crippen molar-refractivity contribution in [2.45, 2.75) is 40.0 Å². The van der Waals surface area contributed by atoms with Crippen LogP contribution in [0.4, 0.5) is 0 Å². The zero-order valence-corrected chi connectivity index (χ0v) is 10.8. The van der Waals surface area contributed by atoms with Gasteiger partial charge in [0.15, 0.2) is 0 Å². The van der Waals surface area contributed by atoms with Gasteiger partial charge in [-0.3, -0.25) is 4.79 Å². The van der Waals surface area contributed by atoms with Crippen molar-refractivity contribution < 1.29 is 4.79 Å². The summed E-state index contributed by atoms with van der Waals surface area (Å²) in [6.45, 7) is 8.47. The van der Waals surface area contributed by atoms with Crippen LogP contribution in [0.5, 0.6) is 0 Å². The van der Waals surface area contributed by atoms with E-state index in [4.69, 9.17) is 11.6 Å². The molecule has 1 heterocycles. The van der Waals surface area contributed by atoms with Gasteiger partial charge in [0.05, 0.1) is 0 Å². The molecule has 0 aliphatic carbocycles. The Morgan fingerprint density at radius 2 is 2.07 bits per heavy atom. The molecule has 88 valence electrons. The summed E-state index contributed by atoms with van der Waals surface area (Å²) < 4.78 is 0. The fraction of sp³-hybridized carbons (Fsp3) is 0.917. The van der Waals surface area contributed by atoms with Crippen LogP contribution in [0.3, 0.4) is 0 Å². The molecule has 3 heteroatoms. The highest BCUT2D eigenvalue weighted by Crippen LogP contribution is 2.34. The lowest BCUT2D eigenvalue weighted by Crippen LogP contribution is -2.28. The van der Waals surface area contributed by atoms with Crippen LogP contribution in [-0.4, -0.2) is 29.8 Å². The third-order valence-electron chi connectivity index (χ3n) is 3.25. The molecule has 1 atom stereocenters. The number of unbranched alkanes of at least 4 members (excludes halogenated alkanes) is 1. The maximum absolute atomic E-state index is 11.7. The molecule has 1 aliphatic heterocycles. The number of rotatable bonds is 4. The molecule has 0 spiro atoms. The summed E-state index contributed by atoms with van der Waals surface area (Å²) in [5, 5.41) is 0. The summed E-state index contributed by atoms with van der Waals surface area (Å²) in [4.78, 5) is 13.7. The van der Waals surface area contributed by atoms with E-state index in [-0.39, 0.29) is 5.41 Å². The Morgan fingerprint density at radius 3 is 2.53 bits per heavy atom. The van der Waals surface area contributed by atoms with Gasteiger partial charge in [-0.25, -0.2) is 0 Å². The minimum atomic E-state index is 0.247. The van der Waals surface area contributed by atoms with Crippen LogP contribution < -0.4 is 0 Å². The molecule has 1 fully saturated rings. The Hall–Kier alpha value is -0.240. The van der Waals surface area contributed by atoms with Crippen LogP contribution in [0.25, 0.3) is 0 Å². The summed E-state index contributed by atoms with van der Waals surface area (Å²) >= 11 is 5.62. The maximum Gasteiger partial charge on any atom is 0.222 e. The van der Waals surface area contributed by atoms with Crippen LogP contribution in [0.15, 0.2) is 0 Å². The molecule has 1 saturated heterocycles. The molecule has 1 unspecified atom stereocenters. The summed E-state index contributed by atoms with van der Waals surface area (Å²) in [5.41, 5.74) is 0.247. The molecule has 1 amide bonds. The first kappa shape index (κ1) is 12.8. The molecular formula is C12H22ClNO. The molecule has 1 rings (SSSR count). The Kier molecular flexibility index (Phi) is 4.45. The Balaban J connectivity index is 2.39. The average Bonchev–Trinajstić information content (AvgIpc) is 2.48. The quantitative estimate of drug-likeness (QED) is 0.538. The van der Waals surface area contributed by atoms with E-state index in [1.54, 1.807) is 0 Å². The maximum atomic E-state index is 11.7. The number of carbonyl (C=O) groups is 1. The summed E-state index contributed by atoms with van der Waals surface area (Å²) in [6.07, 6.45) is 2.77. The predicted molar refractivity (Wildman–Crippen MR) is 64.1 cm³/mol. The monoisotopic (exact) mass is 231 g/mol. The van der Waals surface area contributed by atoms with Crippen molar-refractivity contribution in [2.75, 3.05) is 19.0 Å². The molecule has 0 saturated carbocycles. The van der Waals surface area contributed by atoms with E-state index in [9.17, 15) is 4.79 Å².